The van der Waals surface area contributed by atoms with Gasteiger partial charge in [-0.05, 0) is 47.9 Å². The van der Waals surface area contributed by atoms with E-state index in [0.29, 0.717) is 10.6 Å². The van der Waals surface area contributed by atoms with E-state index in [4.69, 9.17) is 11.6 Å². The molecular formula is C16H15ClN2O. The van der Waals surface area contributed by atoms with Crippen LogP contribution in [0.5, 0.6) is 0 Å². The monoisotopic (exact) mass is 286 g/mol. The van der Waals surface area contributed by atoms with Crippen LogP contribution < -0.4 is 10.6 Å². The topological polar surface area (TPSA) is 41.1 Å². The Morgan fingerprint density at radius 2 is 2.00 bits per heavy atom. The van der Waals surface area contributed by atoms with Crippen LogP contribution in [0.15, 0.2) is 36.4 Å². The van der Waals surface area contributed by atoms with Gasteiger partial charge in [0.1, 0.15) is 0 Å². The summed E-state index contributed by atoms with van der Waals surface area (Å²) >= 11 is 6.06. The summed E-state index contributed by atoms with van der Waals surface area (Å²) in [7, 11) is 0. The highest BCUT2D eigenvalue weighted by Gasteiger charge is 2.14. The van der Waals surface area contributed by atoms with Crippen LogP contribution in [0.3, 0.4) is 0 Å². The summed E-state index contributed by atoms with van der Waals surface area (Å²) in [6.07, 6.45) is 0. The minimum Gasteiger partial charge on any atom is -0.322 e. The maximum atomic E-state index is 12.3. The highest BCUT2D eigenvalue weighted by atomic mass is 35.5. The summed E-state index contributed by atoms with van der Waals surface area (Å²) in [5.74, 6) is -0.106. The predicted molar refractivity (Wildman–Crippen MR) is 81.1 cm³/mol. The highest BCUT2D eigenvalue weighted by molar-refractivity contribution is 6.31. The molecule has 0 aromatic heterocycles. The zero-order valence-corrected chi connectivity index (χ0v) is 11.9. The Morgan fingerprint density at radius 1 is 1.20 bits per heavy atom. The fourth-order valence-electron chi connectivity index (χ4n) is 2.37. The maximum absolute atomic E-state index is 12.3. The van der Waals surface area contributed by atoms with Gasteiger partial charge < -0.3 is 10.6 Å². The van der Waals surface area contributed by atoms with Crippen LogP contribution >= 0.6 is 11.6 Å². The molecule has 0 spiro atoms. The number of carbonyl (C=O) groups is 1. The number of benzene rings is 2. The lowest BCUT2D eigenvalue weighted by Gasteiger charge is -2.10. The number of fused-ring (bicyclic) bond motifs is 1. The first kappa shape index (κ1) is 13.2. The molecule has 1 heterocycles. The van der Waals surface area contributed by atoms with Gasteiger partial charge in [0.05, 0.1) is 0 Å². The zero-order chi connectivity index (χ0) is 14.1. The van der Waals surface area contributed by atoms with Crippen molar-refractivity contribution in [1.82, 2.24) is 5.32 Å². The Labute approximate surface area is 123 Å². The first-order valence-electron chi connectivity index (χ1n) is 6.54. The molecule has 20 heavy (non-hydrogen) atoms. The largest absolute Gasteiger partial charge is 0.322 e. The van der Waals surface area contributed by atoms with E-state index >= 15 is 0 Å². The molecule has 2 aromatic rings. The SMILES string of the molecule is Cc1c(Cl)cccc1NC(=O)c1ccc2c(c1)CNC2. The number of carbonyl (C=O) groups excluding carboxylic acids is 1. The average molecular weight is 287 g/mol. The Bertz CT molecular complexity index is 682. The minimum absolute atomic E-state index is 0.106. The first-order valence-corrected chi connectivity index (χ1v) is 6.92. The summed E-state index contributed by atoms with van der Waals surface area (Å²) < 4.78 is 0. The van der Waals surface area contributed by atoms with Crippen molar-refractivity contribution >= 4 is 23.2 Å². The Kier molecular flexibility index (Phi) is 3.47. The fraction of sp³-hybridized carbons (Fsp3) is 0.188. The molecule has 4 heteroatoms. The van der Waals surface area contributed by atoms with Gasteiger partial charge in [0.2, 0.25) is 0 Å². The predicted octanol–water partition coefficient (Wildman–Crippen LogP) is 3.50. The highest BCUT2D eigenvalue weighted by Crippen LogP contribution is 2.24. The molecule has 1 aliphatic rings. The van der Waals surface area contributed by atoms with Crippen LogP contribution in [0.2, 0.25) is 5.02 Å². The molecule has 102 valence electrons. The second-order valence-electron chi connectivity index (χ2n) is 4.95. The van der Waals surface area contributed by atoms with Gasteiger partial charge in [0, 0.05) is 29.4 Å². The van der Waals surface area contributed by atoms with Gasteiger partial charge in [-0.2, -0.15) is 0 Å². The molecular weight excluding hydrogens is 272 g/mol. The van der Waals surface area contributed by atoms with E-state index in [1.165, 1.54) is 11.1 Å². The van der Waals surface area contributed by atoms with Gasteiger partial charge in [0.15, 0.2) is 0 Å². The number of hydrogen-bond donors (Lipinski definition) is 2. The van der Waals surface area contributed by atoms with E-state index in [-0.39, 0.29) is 5.91 Å². The van der Waals surface area contributed by atoms with Crippen LogP contribution in [0.4, 0.5) is 5.69 Å². The molecule has 0 atom stereocenters. The lowest BCUT2D eigenvalue weighted by Crippen LogP contribution is -2.13. The molecule has 2 N–H and O–H groups in total. The van der Waals surface area contributed by atoms with Crippen molar-refractivity contribution in [3.8, 4) is 0 Å². The molecule has 3 rings (SSSR count). The Hall–Kier alpha value is -1.84. The van der Waals surface area contributed by atoms with Crippen LogP contribution in [-0.2, 0) is 13.1 Å². The van der Waals surface area contributed by atoms with Crippen molar-refractivity contribution in [1.29, 1.82) is 0 Å². The molecule has 3 nitrogen and oxygen atoms in total. The molecule has 1 amide bonds. The van der Waals surface area contributed by atoms with Gasteiger partial charge in [-0.3, -0.25) is 4.79 Å². The van der Waals surface area contributed by atoms with E-state index < -0.39 is 0 Å². The number of rotatable bonds is 2. The van der Waals surface area contributed by atoms with E-state index in [1.54, 1.807) is 0 Å². The number of halogens is 1. The van der Waals surface area contributed by atoms with Gasteiger partial charge >= 0.3 is 0 Å². The normalized spacial score (nSPS) is 13.1. The maximum Gasteiger partial charge on any atom is 0.255 e. The lowest BCUT2D eigenvalue weighted by molar-refractivity contribution is 0.102. The molecule has 0 saturated heterocycles. The summed E-state index contributed by atoms with van der Waals surface area (Å²) in [6.45, 7) is 3.60. The smallest absolute Gasteiger partial charge is 0.255 e. The fourth-order valence-corrected chi connectivity index (χ4v) is 2.55. The zero-order valence-electron chi connectivity index (χ0n) is 11.2. The molecule has 0 saturated carbocycles. The van der Waals surface area contributed by atoms with Gasteiger partial charge in [-0.25, -0.2) is 0 Å². The Morgan fingerprint density at radius 3 is 2.85 bits per heavy atom. The van der Waals surface area contributed by atoms with Crippen molar-refractivity contribution in [3.63, 3.8) is 0 Å². The van der Waals surface area contributed by atoms with Crippen molar-refractivity contribution in [3.05, 3.63) is 63.7 Å². The molecule has 0 bridgehead atoms. The van der Waals surface area contributed by atoms with E-state index in [1.807, 2.05) is 43.3 Å². The first-order chi connectivity index (χ1) is 9.65. The van der Waals surface area contributed by atoms with Crippen LogP contribution in [0.1, 0.15) is 27.0 Å². The van der Waals surface area contributed by atoms with Crippen molar-refractivity contribution < 1.29 is 4.79 Å². The van der Waals surface area contributed by atoms with Crippen molar-refractivity contribution in [2.45, 2.75) is 20.0 Å². The molecule has 0 unspecified atom stereocenters. The van der Waals surface area contributed by atoms with Gasteiger partial charge in [-0.1, -0.05) is 23.7 Å². The molecule has 0 aliphatic carbocycles. The molecule has 2 aromatic carbocycles. The summed E-state index contributed by atoms with van der Waals surface area (Å²) in [4.78, 5) is 12.3. The Balaban J connectivity index is 1.84. The van der Waals surface area contributed by atoms with Crippen LogP contribution in [0.25, 0.3) is 0 Å². The third-order valence-electron chi connectivity index (χ3n) is 3.62. The minimum atomic E-state index is -0.106. The van der Waals surface area contributed by atoms with Gasteiger partial charge in [-0.15, -0.1) is 0 Å². The molecule has 1 aliphatic heterocycles. The third-order valence-corrected chi connectivity index (χ3v) is 4.02. The van der Waals surface area contributed by atoms with Crippen molar-refractivity contribution in [2.24, 2.45) is 0 Å². The lowest BCUT2D eigenvalue weighted by atomic mass is 10.1. The van der Waals surface area contributed by atoms with E-state index in [0.717, 1.165) is 24.3 Å². The second-order valence-corrected chi connectivity index (χ2v) is 5.36. The molecule has 0 radical (unpaired) electrons. The quantitative estimate of drug-likeness (QED) is 0.887. The van der Waals surface area contributed by atoms with E-state index in [9.17, 15) is 4.79 Å². The van der Waals surface area contributed by atoms with E-state index in [2.05, 4.69) is 10.6 Å². The van der Waals surface area contributed by atoms with Crippen LogP contribution in [-0.4, -0.2) is 5.91 Å². The average Bonchev–Trinajstić information content (AvgIpc) is 2.91. The summed E-state index contributed by atoms with van der Waals surface area (Å²) in [5.41, 5.74) is 4.76. The number of hydrogen-bond acceptors (Lipinski definition) is 2. The standard InChI is InChI=1S/C16H15ClN2O/c1-10-14(17)3-2-4-15(10)19-16(20)11-5-6-12-8-18-9-13(12)7-11/h2-7,18H,8-9H2,1H3,(H,19,20). The van der Waals surface area contributed by atoms with Crippen LogP contribution in [0, 0.1) is 6.92 Å². The summed E-state index contributed by atoms with van der Waals surface area (Å²) in [5, 5.41) is 6.84. The number of anilines is 1. The summed E-state index contributed by atoms with van der Waals surface area (Å²) in [6, 6.07) is 11.3. The third kappa shape index (κ3) is 2.42. The number of nitrogens with one attached hydrogen (secondary N) is 2. The number of amides is 1. The molecule has 0 fully saturated rings. The van der Waals surface area contributed by atoms with Gasteiger partial charge in [0.25, 0.3) is 5.91 Å². The van der Waals surface area contributed by atoms with Crippen molar-refractivity contribution in [2.75, 3.05) is 5.32 Å². The second kappa shape index (κ2) is 5.27.